The van der Waals surface area contributed by atoms with Crippen LogP contribution < -0.4 is 15.4 Å². The first-order chi connectivity index (χ1) is 19.2. The van der Waals surface area contributed by atoms with Crippen LogP contribution in [0.4, 0.5) is 16.2 Å². The first kappa shape index (κ1) is 27.5. The number of aliphatic hydroxyl groups excluding tert-OH is 1. The molecule has 0 bridgehead atoms. The van der Waals surface area contributed by atoms with E-state index in [-0.39, 0.29) is 42.8 Å². The van der Waals surface area contributed by atoms with Crippen LogP contribution in [0.25, 0.3) is 10.8 Å². The predicted octanol–water partition coefficient (Wildman–Crippen LogP) is 4.57. The minimum absolute atomic E-state index is 0.0284. The van der Waals surface area contributed by atoms with Crippen molar-refractivity contribution in [3.05, 3.63) is 66.2 Å². The van der Waals surface area contributed by atoms with Crippen LogP contribution in [0.1, 0.15) is 37.0 Å². The standard InChI is InChI=1S/C31H36N4O5/c1-19-16-35(20(2)18-36)30(38)25-15-23(32-29(37)22-11-12-22)13-14-27(25)40-28(19)17-34(3)31(39)33-26-10-6-8-21-7-4-5-9-24(21)26/h4-10,13-15,19-20,22,28,36H,11-12,16-18H2,1-3H3,(H,32,37)(H,33,39)/t19-,20+,28+/m1/s1. The van der Waals surface area contributed by atoms with Gasteiger partial charge in [-0.15, -0.1) is 0 Å². The molecule has 1 fully saturated rings. The smallest absolute Gasteiger partial charge is 0.321 e. The van der Waals surface area contributed by atoms with E-state index in [2.05, 4.69) is 10.6 Å². The number of nitrogens with zero attached hydrogens (tertiary/aromatic N) is 2. The molecule has 0 spiro atoms. The molecule has 3 atom stereocenters. The van der Waals surface area contributed by atoms with Crippen molar-refractivity contribution in [3.63, 3.8) is 0 Å². The zero-order chi connectivity index (χ0) is 28.4. The molecule has 1 aliphatic heterocycles. The van der Waals surface area contributed by atoms with Gasteiger partial charge in [0.15, 0.2) is 0 Å². The number of likely N-dealkylation sites (N-methyl/N-ethyl adjacent to an activating group) is 1. The zero-order valence-corrected chi connectivity index (χ0v) is 23.1. The van der Waals surface area contributed by atoms with E-state index in [4.69, 9.17) is 4.74 Å². The number of ether oxygens (including phenoxy) is 1. The number of amides is 4. The number of aliphatic hydroxyl groups is 1. The molecule has 9 heteroatoms. The van der Waals surface area contributed by atoms with Crippen LogP contribution in [0.15, 0.2) is 60.7 Å². The Morgan fingerprint density at radius 1 is 1.10 bits per heavy atom. The molecule has 3 aromatic rings. The Balaban J connectivity index is 1.37. The number of urea groups is 1. The van der Waals surface area contributed by atoms with Gasteiger partial charge >= 0.3 is 6.03 Å². The molecule has 40 heavy (non-hydrogen) atoms. The lowest BCUT2D eigenvalue weighted by Gasteiger charge is -2.38. The van der Waals surface area contributed by atoms with Gasteiger partial charge in [-0.1, -0.05) is 43.3 Å². The summed E-state index contributed by atoms with van der Waals surface area (Å²) in [6, 6.07) is 18.0. The van der Waals surface area contributed by atoms with E-state index < -0.39 is 12.1 Å². The van der Waals surface area contributed by atoms with E-state index in [1.165, 1.54) is 0 Å². The van der Waals surface area contributed by atoms with Crippen molar-refractivity contribution in [1.29, 1.82) is 0 Å². The fraction of sp³-hybridized carbons (Fsp3) is 0.387. The summed E-state index contributed by atoms with van der Waals surface area (Å²) in [5.41, 5.74) is 1.57. The van der Waals surface area contributed by atoms with Gasteiger partial charge in [0.1, 0.15) is 11.9 Å². The molecule has 2 aliphatic rings. The zero-order valence-electron chi connectivity index (χ0n) is 23.1. The fourth-order valence-corrected chi connectivity index (χ4v) is 5.01. The van der Waals surface area contributed by atoms with E-state index in [1.807, 2.05) is 49.4 Å². The molecule has 4 amide bonds. The molecule has 3 aromatic carbocycles. The van der Waals surface area contributed by atoms with E-state index in [0.29, 0.717) is 23.5 Å². The SMILES string of the molecule is C[C@@H]1CN([C@@H](C)CO)C(=O)c2cc(NC(=O)C3CC3)ccc2O[C@H]1CN(C)C(=O)Nc1cccc2ccccc12. The molecular formula is C31H36N4O5. The van der Waals surface area contributed by atoms with Crippen LogP contribution in [-0.2, 0) is 4.79 Å². The molecule has 0 aromatic heterocycles. The number of benzene rings is 3. The third kappa shape index (κ3) is 5.89. The van der Waals surface area contributed by atoms with Crippen molar-refractivity contribution in [2.24, 2.45) is 11.8 Å². The average molecular weight is 545 g/mol. The Morgan fingerprint density at radius 3 is 2.60 bits per heavy atom. The van der Waals surface area contributed by atoms with Crippen molar-refractivity contribution in [2.45, 2.75) is 38.8 Å². The van der Waals surface area contributed by atoms with Crippen molar-refractivity contribution in [2.75, 3.05) is 37.4 Å². The van der Waals surface area contributed by atoms with Crippen LogP contribution >= 0.6 is 0 Å². The number of carbonyl (C=O) groups excluding carboxylic acids is 3. The predicted molar refractivity (Wildman–Crippen MR) is 155 cm³/mol. The largest absolute Gasteiger partial charge is 0.487 e. The van der Waals surface area contributed by atoms with Crippen LogP contribution in [0.5, 0.6) is 5.75 Å². The van der Waals surface area contributed by atoms with E-state index in [1.54, 1.807) is 42.0 Å². The summed E-state index contributed by atoms with van der Waals surface area (Å²) in [6.45, 7) is 4.19. The van der Waals surface area contributed by atoms with Gasteiger partial charge in [-0.25, -0.2) is 4.79 Å². The molecule has 210 valence electrons. The second-order valence-corrected chi connectivity index (χ2v) is 10.9. The highest BCUT2D eigenvalue weighted by molar-refractivity contribution is 6.02. The first-order valence-electron chi connectivity index (χ1n) is 13.8. The van der Waals surface area contributed by atoms with Gasteiger partial charge < -0.3 is 30.3 Å². The van der Waals surface area contributed by atoms with Crippen molar-refractivity contribution < 1.29 is 24.2 Å². The molecule has 1 aliphatic carbocycles. The lowest BCUT2D eigenvalue weighted by atomic mass is 9.99. The van der Waals surface area contributed by atoms with Gasteiger partial charge in [-0.05, 0) is 49.4 Å². The number of rotatable bonds is 7. The van der Waals surface area contributed by atoms with Gasteiger partial charge in [0.2, 0.25) is 5.91 Å². The Kier molecular flexibility index (Phi) is 7.93. The monoisotopic (exact) mass is 544 g/mol. The Hall–Kier alpha value is -4.11. The highest BCUT2D eigenvalue weighted by Crippen LogP contribution is 2.33. The summed E-state index contributed by atoms with van der Waals surface area (Å²) in [5, 5.41) is 17.8. The number of fused-ring (bicyclic) bond motifs is 2. The van der Waals surface area contributed by atoms with E-state index >= 15 is 0 Å². The molecule has 3 N–H and O–H groups in total. The number of carbonyl (C=O) groups is 3. The second-order valence-electron chi connectivity index (χ2n) is 10.9. The van der Waals surface area contributed by atoms with Crippen LogP contribution in [-0.4, -0.2) is 71.6 Å². The maximum atomic E-state index is 13.6. The number of nitrogens with one attached hydrogen (secondary N) is 2. The Morgan fingerprint density at radius 2 is 1.85 bits per heavy atom. The molecule has 1 saturated carbocycles. The minimum Gasteiger partial charge on any atom is -0.487 e. The number of hydrogen-bond donors (Lipinski definition) is 3. The fourth-order valence-electron chi connectivity index (χ4n) is 5.01. The molecule has 5 rings (SSSR count). The van der Waals surface area contributed by atoms with Gasteiger partial charge in [0.05, 0.1) is 30.4 Å². The van der Waals surface area contributed by atoms with E-state index in [0.717, 1.165) is 29.3 Å². The van der Waals surface area contributed by atoms with Crippen molar-refractivity contribution in [1.82, 2.24) is 9.80 Å². The minimum atomic E-state index is -0.435. The van der Waals surface area contributed by atoms with E-state index in [9.17, 15) is 19.5 Å². The van der Waals surface area contributed by atoms with Gasteiger partial charge in [-0.3, -0.25) is 9.59 Å². The number of hydrogen-bond acceptors (Lipinski definition) is 5. The van der Waals surface area contributed by atoms with Crippen LogP contribution in [0, 0.1) is 11.8 Å². The highest BCUT2D eigenvalue weighted by atomic mass is 16.5. The first-order valence-corrected chi connectivity index (χ1v) is 13.8. The van der Waals surface area contributed by atoms with Crippen LogP contribution in [0.2, 0.25) is 0 Å². The topological polar surface area (TPSA) is 111 Å². The molecule has 0 saturated heterocycles. The van der Waals surface area contributed by atoms with Crippen LogP contribution in [0.3, 0.4) is 0 Å². The van der Waals surface area contributed by atoms with Gasteiger partial charge in [-0.2, -0.15) is 0 Å². The molecule has 0 unspecified atom stereocenters. The maximum Gasteiger partial charge on any atom is 0.321 e. The summed E-state index contributed by atoms with van der Waals surface area (Å²) in [5.74, 6) is -0.0608. The summed E-state index contributed by atoms with van der Waals surface area (Å²) in [7, 11) is 1.71. The average Bonchev–Trinajstić information content (AvgIpc) is 3.81. The van der Waals surface area contributed by atoms with Crippen molar-refractivity contribution >= 4 is 40.0 Å². The molecule has 0 radical (unpaired) electrons. The van der Waals surface area contributed by atoms with Crippen molar-refractivity contribution in [3.8, 4) is 5.75 Å². The summed E-state index contributed by atoms with van der Waals surface area (Å²) in [4.78, 5) is 42.4. The third-order valence-electron chi connectivity index (χ3n) is 7.71. The Bertz CT molecular complexity index is 1420. The second kappa shape index (κ2) is 11.6. The molecule has 9 nitrogen and oxygen atoms in total. The molecule has 1 heterocycles. The normalized spacial score (nSPS) is 19.6. The quantitative estimate of drug-likeness (QED) is 0.404. The van der Waals surface area contributed by atoms with Gasteiger partial charge in [0, 0.05) is 36.5 Å². The lowest BCUT2D eigenvalue weighted by molar-refractivity contribution is -0.117. The summed E-state index contributed by atoms with van der Waals surface area (Å²) in [6.07, 6.45) is 1.32. The Labute approximate surface area is 234 Å². The lowest BCUT2D eigenvalue weighted by Crippen LogP contribution is -2.50. The number of anilines is 2. The summed E-state index contributed by atoms with van der Waals surface area (Å²) >= 11 is 0. The molecular weight excluding hydrogens is 508 g/mol. The highest BCUT2D eigenvalue weighted by Gasteiger charge is 2.35. The summed E-state index contributed by atoms with van der Waals surface area (Å²) < 4.78 is 6.40. The van der Waals surface area contributed by atoms with Gasteiger partial charge in [0.25, 0.3) is 5.91 Å². The maximum absolute atomic E-state index is 13.6. The third-order valence-corrected chi connectivity index (χ3v) is 7.71.